The van der Waals surface area contributed by atoms with E-state index in [0.717, 1.165) is 43.6 Å². The van der Waals surface area contributed by atoms with Crippen molar-refractivity contribution in [2.45, 2.75) is 51.6 Å². The average molecular weight is 343 g/mol. The highest BCUT2D eigenvalue weighted by Gasteiger charge is 2.21. The maximum absolute atomic E-state index is 12.2. The lowest BCUT2D eigenvalue weighted by molar-refractivity contribution is -0.128. The molecule has 1 aromatic rings. The van der Waals surface area contributed by atoms with E-state index in [1.165, 1.54) is 12.8 Å². The van der Waals surface area contributed by atoms with Gasteiger partial charge in [0.25, 0.3) is 0 Å². The molecular weight excluding hydrogens is 314 g/mol. The topological polar surface area (TPSA) is 61.4 Å². The second-order valence-electron chi connectivity index (χ2n) is 7.20. The molecular formula is C20H29N3O2. The Labute approximate surface area is 150 Å². The zero-order valence-electron chi connectivity index (χ0n) is 14.9. The Hall–Kier alpha value is -1.88. The Bertz CT molecular complexity index is 596. The summed E-state index contributed by atoms with van der Waals surface area (Å²) in [6, 6.07) is 8.09. The maximum Gasteiger partial charge on any atom is 0.222 e. The summed E-state index contributed by atoms with van der Waals surface area (Å²) >= 11 is 0. The number of amides is 2. The molecule has 2 aliphatic heterocycles. The van der Waals surface area contributed by atoms with Crippen LogP contribution in [0.3, 0.4) is 0 Å². The molecule has 0 bridgehead atoms. The smallest absolute Gasteiger partial charge is 0.222 e. The van der Waals surface area contributed by atoms with Crippen LogP contribution in [0, 0.1) is 5.92 Å². The number of likely N-dealkylation sites (tertiary alicyclic amines) is 1. The first kappa shape index (κ1) is 17.9. The highest BCUT2D eigenvalue weighted by molar-refractivity contribution is 5.78. The van der Waals surface area contributed by atoms with Gasteiger partial charge in [0, 0.05) is 32.5 Å². The van der Waals surface area contributed by atoms with Gasteiger partial charge in [-0.05, 0) is 55.8 Å². The van der Waals surface area contributed by atoms with Crippen LogP contribution in [-0.2, 0) is 22.7 Å². The monoisotopic (exact) mass is 343 g/mol. The fourth-order valence-corrected chi connectivity index (χ4v) is 3.75. The molecule has 1 aromatic carbocycles. The number of hydrogen-bond acceptors (Lipinski definition) is 3. The second kappa shape index (κ2) is 8.99. The molecule has 0 atom stereocenters. The SMILES string of the molecule is O=C(CCC1CCNCC1)NCc1ccccc1CN1CCCC1=O. The Kier molecular flexibility index (Phi) is 6.45. The van der Waals surface area contributed by atoms with Crippen LogP contribution in [0.4, 0.5) is 0 Å². The molecule has 136 valence electrons. The summed E-state index contributed by atoms with van der Waals surface area (Å²) in [4.78, 5) is 25.9. The lowest BCUT2D eigenvalue weighted by atomic mass is 9.93. The molecule has 0 aliphatic carbocycles. The third kappa shape index (κ3) is 5.30. The van der Waals surface area contributed by atoms with Gasteiger partial charge in [0.15, 0.2) is 0 Å². The number of hydrogen-bond donors (Lipinski definition) is 2. The normalized spacial score (nSPS) is 18.6. The maximum atomic E-state index is 12.2. The molecule has 2 heterocycles. The summed E-state index contributed by atoms with van der Waals surface area (Å²) in [6.45, 7) is 4.20. The van der Waals surface area contributed by atoms with Crippen LogP contribution in [0.15, 0.2) is 24.3 Å². The molecule has 2 fully saturated rings. The van der Waals surface area contributed by atoms with Gasteiger partial charge in [-0.25, -0.2) is 0 Å². The molecule has 25 heavy (non-hydrogen) atoms. The number of rotatable bonds is 7. The molecule has 3 rings (SSSR count). The zero-order valence-corrected chi connectivity index (χ0v) is 14.9. The van der Waals surface area contributed by atoms with Crippen LogP contribution in [0.1, 0.15) is 49.7 Å². The van der Waals surface area contributed by atoms with Crippen LogP contribution in [-0.4, -0.2) is 36.3 Å². The summed E-state index contributed by atoms with van der Waals surface area (Å²) in [5.41, 5.74) is 2.24. The summed E-state index contributed by atoms with van der Waals surface area (Å²) in [6.07, 6.45) is 5.57. The Morgan fingerprint density at radius 2 is 1.96 bits per heavy atom. The summed E-state index contributed by atoms with van der Waals surface area (Å²) in [5.74, 6) is 1.05. The van der Waals surface area contributed by atoms with Crippen molar-refractivity contribution >= 4 is 11.8 Å². The van der Waals surface area contributed by atoms with Crippen molar-refractivity contribution in [3.63, 3.8) is 0 Å². The minimum absolute atomic E-state index is 0.130. The number of carbonyl (C=O) groups is 2. The molecule has 0 aromatic heterocycles. The van der Waals surface area contributed by atoms with Crippen LogP contribution >= 0.6 is 0 Å². The number of piperidine rings is 1. The predicted molar refractivity (Wildman–Crippen MR) is 97.8 cm³/mol. The summed E-state index contributed by atoms with van der Waals surface area (Å²) < 4.78 is 0. The van der Waals surface area contributed by atoms with Gasteiger partial charge in [0.2, 0.25) is 11.8 Å². The van der Waals surface area contributed by atoms with Crippen molar-refractivity contribution in [2.75, 3.05) is 19.6 Å². The first-order valence-electron chi connectivity index (χ1n) is 9.54. The molecule has 0 saturated carbocycles. The standard InChI is InChI=1S/C20H29N3O2/c24-19(8-7-16-9-11-21-12-10-16)22-14-17-4-1-2-5-18(17)15-23-13-3-6-20(23)25/h1-2,4-5,16,21H,3,6-15H2,(H,22,24). The van der Waals surface area contributed by atoms with E-state index in [1.807, 2.05) is 23.1 Å². The van der Waals surface area contributed by atoms with Gasteiger partial charge >= 0.3 is 0 Å². The van der Waals surface area contributed by atoms with E-state index in [0.29, 0.717) is 31.8 Å². The predicted octanol–water partition coefficient (Wildman–Crippen LogP) is 2.21. The van der Waals surface area contributed by atoms with E-state index in [4.69, 9.17) is 0 Å². The van der Waals surface area contributed by atoms with Crippen molar-refractivity contribution in [1.82, 2.24) is 15.5 Å². The van der Waals surface area contributed by atoms with Crippen molar-refractivity contribution in [3.05, 3.63) is 35.4 Å². The van der Waals surface area contributed by atoms with Gasteiger partial charge in [-0.15, -0.1) is 0 Å². The molecule has 2 amide bonds. The lowest BCUT2D eigenvalue weighted by Gasteiger charge is -2.22. The minimum atomic E-state index is 0.130. The molecule has 0 unspecified atom stereocenters. The van der Waals surface area contributed by atoms with Gasteiger partial charge in [0.05, 0.1) is 0 Å². The molecule has 0 spiro atoms. The van der Waals surface area contributed by atoms with Crippen LogP contribution in [0.25, 0.3) is 0 Å². The first-order valence-corrected chi connectivity index (χ1v) is 9.54. The fourth-order valence-electron chi connectivity index (χ4n) is 3.75. The fraction of sp³-hybridized carbons (Fsp3) is 0.600. The van der Waals surface area contributed by atoms with E-state index in [2.05, 4.69) is 16.7 Å². The van der Waals surface area contributed by atoms with E-state index in [1.54, 1.807) is 0 Å². The van der Waals surface area contributed by atoms with Crippen LogP contribution < -0.4 is 10.6 Å². The molecule has 0 radical (unpaired) electrons. The highest BCUT2D eigenvalue weighted by atomic mass is 16.2. The van der Waals surface area contributed by atoms with Crippen LogP contribution in [0.5, 0.6) is 0 Å². The molecule has 5 nitrogen and oxygen atoms in total. The van der Waals surface area contributed by atoms with Gasteiger partial charge in [-0.3, -0.25) is 9.59 Å². The van der Waals surface area contributed by atoms with E-state index >= 15 is 0 Å². The lowest BCUT2D eigenvalue weighted by Crippen LogP contribution is -2.29. The van der Waals surface area contributed by atoms with E-state index < -0.39 is 0 Å². The Balaban J connectivity index is 1.47. The molecule has 2 saturated heterocycles. The van der Waals surface area contributed by atoms with Gasteiger partial charge in [0.1, 0.15) is 0 Å². The Morgan fingerprint density at radius 1 is 1.20 bits per heavy atom. The highest BCUT2D eigenvalue weighted by Crippen LogP contribution is 2.19. The molecule has 2 aliphatic rings. The van der Waals surface area contributed by atoms with E-state index in [9.17, 15) is 9.59 Å². The first-order chi connectivity index (χ1) is 12.2. The summed E-state index contributed by atoms with van der Waals surface area (Å²) in [7, 11) is 0. The largest absolute Gasteiger partial charge is 0.352 e. The van der Waals surface area contributed by atoms with Crippen molar-refractivity contribution in [2.24, 2.45) is 5.92 Å². The van der Waals surface area contributed by atoms with E-state index in [-0.39, 0.29) is 11.8 Å². The number of carbonyl (C=O) groups excluding carboxylic acids is 2. The van der Waals surface area contributed by atoms with Gasteiger partial charge < -0.3 is 15.5 Å². The molecule has 2 N–H and O–H groups in total. The summed E-state index contributed by atoms with van der Waals surface area (Å²) in [5, 5.41) is 6.42. The average Bonchev–Trinajstić information content (AvgIpc) is 3.05. The number of benzene rings is 1. The number of nitrogens with zero attached hydrogens (tertiary/aromatic N) is 1. The third-order valence-corrected chi connectivity index (χ3v) is 5.37. The van der Waals surface area contributed by atoms with Crippen molar-refractivity contribution in [3.8, 4) is 0 Å². The van der Waals surface area contributed by atoms with Crippen molar-refractivity contribution < 1.29 is 9.59 Å². The quantitative estimate of drug-likeness (QED) is 0.798. The zero-order chi connectivity index (χ0) is 17.5. The van der Waals surface area contributed by atoms with Gasteiger partial charge in [-0.2, -0.15) is 0 Å². The number of nitrogens with one attached hydrogen (secondary N) is 2. The molecule has 5 heteroatoms. The minimum Gasteiger partial charge on any atom is -0.352 e. The Morgan fingerprint density at radius 3 is 2.68 bits per heavy atom. The third-order valence-electron chi connectivity index (χ3n) is 5.37. The second-order valence-corrected chi connectivity index (χ2v) is 7.20. The van der Waals surface area contributed by atoms with Crippen molar-refractivity contribution in [1.29, 1.82) is 0 Å². The van der Waals surface area contributed by atoms with Crippen LogP contribution in [0.2, 0.25) is 0 Å². The van der Waals surface area contributed by atoms with Gasteiger partial charge in [-0.1, -0.05) is 24.3 Å².